The molecule has 76 valence electrons. The average Bonchev–Trinajstić information content (AvgIpc) is 2.16. The van der Waals surface area contributed by atoms with Crippen LogP contribution in [0.3, 0.4) is 0 Å². The van der Waals surface area contributed by atoms with Crippen LogP contribution in [0, 0.1) is 0 Å². The number of rotatable bonds is 1. The van der Waals surface area contributed by atoms with Crippen LogP contribution in [-0.2, 0) is 0 Å². The fourth-order valence-corrected chi connectivity index (χ4v) is 1.53. The lowest BCUT2D eigenvalue weighted by Crippen LogP contribution is -2.17. The molecule has 0 aliphatic heterocycles. The molecule has 0 saturated heterocycles. The van der Waals surface area contributed by atoms with Gasteiger partial charge in [-0.05, 0) is 30.5 Å². The molecule has 0 spiro atoms. The molecule has 0 bridgehead atoms. The number of hydrogen-bond acceptors (Lipinski definition) is 3. The largest absolute Gasteiger partial charge is 0.508 e. The molecule has 0 amide bonds. The summed E-state index contributed by atoms with van der Waals surface area (Å²) in [6.07, 6.45) is 1.99. The van der Waals surface area contributed by atoms with Gasteiger partial charge in [0, 0.05) is 14.1 Å². The van der Waals surface area contributed by atoms with E-state index in [-0.39, 0.29) is 5.75 Å². The Morgan fingerprint density at radius 3 is 2.29 bits per heavy atom. The molecule has 0 atom stereocenters. The van der Waals surface area contributed by atoms with Gasteiger partial charge in [-0.15, -0.1) is 0 Å². The number of hydrogen-bond donors (Lipinski definition) is 1. The predicted octanol–water partition coefficient (Wildman–Crippen LogP) is 2.30. The van der Waals surface area contributed by atoms with Gasteiger partial charge in [-0.3, -0.25) is 0 Å². The van der Waals surface area contributed by atoms with Gasteiger partial charge in [0.2, 0.25) is 0 Å². The van der Waals surface area contributed by atoms with E-state index in [0.717, 1.165) is 10.9 Å². The second-order valence-electron chi connectivity index (χ2n) is 3.01. The highest BCUT2D eigenvalue weighted by Crippen LogP contribution is 2.18. The molecule has 14 heavy (non-hydrogen) atoms. The Morgan fingerprint density at radius 1 is 1.29 bits per heavy atom. The number of aliphatic imine (C=N–C) groups is 1. The zero-order chi connectivity index (χ0) is 10.6. The van der Waals surface area contributed by atoms with Gasteiger partial charge in [0.25, 0.3) is 0 Å². The van der Waals surface area contributed by atoms with E-state index in [1.54, 1.807) is 36.0 Å². The van der Waals surface area contributed by atoms with Crippen LogP contribution < -0.4 is 0 Å². The van der Waals surface area contributed by atoms with Crippen molar-refractivity contribution in [3.8, 4) is 5.75 Å². The normalized spacial score (nSPS) is 11.5. The smallest absolute Gasteiger partial charge is 0.163 e. The van der Waals surface area contributed by atoms with Crippen molar-refractivity contribution in [2.75, 3.05) is 20.4 Å². The third-order valence-corrected chi connectivity index (χ3v) is 2.46. The summed E-state index contributed by atoms with van der Waals surface area (Å²) in [5.41, 5.74) is 0.848. The minimum atomic E-state index is 0.263. The second-order valence-corrected chi connectivity index (χ2v) is 3.78. The lowest BCUT2D eigenvalue weighted by Gasteiger charge is -2.12. The second kappa shape index (κ2) is 4.91. The number of aromatic hydroxyl groups is 1. The summed E-state index contributed by atoms with van der Waals surface area (Å²) in [5, 5.41) is 10.0. The minimum absolute atomic E-state index is 0.263. The highest BCUT2D eigenvalue weighted by atomic mass is 32.2. The first-order valence-corrected chi connectivity index (χ1v) is 5.45. The van der Waals surface area contributed by atoms with Gasteiger partial charge in [0.05, 0.1) is 5.69 Å². The minimum Gasteiger partial charge on any atom is -0.508 e. The van der Waals surface area contributed by atoms with E-state index in [1.165, 1.54) is 0 Å². The summed E-state index contributed by atoms with van der Waals surface area (Å²) in [6, 6.07) is 6.84. The highest BCUT2D eigenvalue weighted by Gasteiger charge is 1.99. The molecule has 0 radical (unpaired) electrons. The molecule has 3 nitrogen and oxygen atoms in total. The van der Waals surface area contributed by atoms with E-state index < -0.39 is 0 Å². The van der Waals surface area contributed by atoms with Crippen LogP contribution in [0.1, 0.15) is 0 Å². The van der Waals surface area contributed by atoms with Crippen LogP contribution in [0.15, 0.2) is 29.3 Å². The van der Waals surface area contributed by atoms with Crippen LogP contribution in [0.2, 0.25) is 0 Å². The van der Waals surface area contributed by atoms with Crippen molar-refractivity contribution in [3.05, 3.63) is 24.3 Å². The van der Waals surface area contributed by atoms with Gasteiger partial charge in [-0.1, -0.05) is 11.8 Å². The predicted molar refractivity (Wildman–Crippen MR) is 62.4 cm³/mol. The van der Waals surface area contributed by atoms with Crippen molar-refractivity contribution >= 4 is 22.6 Å². The Morgan fingerprint density at radius 2 is 1.86 bits per heavy atom. The molecule has 1 aromatic rings. The summed E-state index contributed by atoms with van der Waals surface area (Å²) in [5.74, 6) is 0.263. The molecule has 0 fully saturated rings. The molecule has 1 N–H and O–H groups in total. The fraction of sp³-hybridized carbons (Fsp3) is 0.300. The Kier molecular flexibility index (Phi) is 3.83. The fourth-order valence-electron chi connectivity index (χ4n) is 0.966. The van der Waals surface area contributed by atoms with E-state index in [0.29, 0.717) is 0 Å². The van der Waals surface area contributed by atoms with Crippen molar-refractivity contribution in [1.82, 2.24) is 4.90 Å². The molecular formula is C10H14N2OS. The molecule has 1 rings (SSSR count). The van der Waals surface area contributed by atoms with Crippen LogP contribution in [-0.4, -0.2) is 35.5 Å². The Balaban J connectivity index is 2.89. The summed E-state index contributed by atoms with van der Waals surface area (Å²) in [4.78, 5) is 6.37. The first-order chi connectivity index (χ1) is 6.63. The summed E-state index contributed by atoms with van der Waals surface area (Å²) in [6.45, 7) is 0. The van der Waals surface area contributed by atoms with Gasteiger partial charge in [0.1, 0.15) is 5.75 Å². The Bertz CT molecular complexity index is 319. The SMILES string of the molecule is CSC(=Nc1ccc(O)cc1)N(C)C. The number of thioether (sulfide) groups is 1. The van der Waals surface area contributed by atoms with E-state index in [2.05, 4.69) is 4.99 Å². The standard InChI is InChI=1S/C10H14N2OS/c1-12(2)10(14-3)11-8-4-6-9(13)7-5-8/h4-7,13H,1-3H3. The van der Waals surface area contributed by atoms with Gasteiger partial charge in [-0.25, -0.2) is 4.99 Å². The maximum absolute atomic E-state index is 9.09. The first kappa shape index (κ1) is 10.9. The monoisotopic (exact) mass is 210 g/mol. The molecular weight excluding hydrogens is 196 g/mol. The Hall–Kier alpha value is -1.16. The molecule has 0 heterocycles. The highest BCUT2D eigenvalue weighted by molar-refractivity contribution is 8.13. The Labute approximate surface area is 88.5 Å². The summed E-state index contributed by atoms with van der Waals surface area (Å²) in [7, 11) is 3.91. The van der Waals surface area contributed by atoms with E-state index in [1.807, 2.05) is 25.3 Å². The quantitative estimate of drug-likeness (QED) is 0.570. The zero-order valence-corrected chi connectivity index (χ0v) is 9.38. The van der Waals surface area contributed by atoms with Gasteiger partial charge >= 0.3 is 0 Å². The number of phenols is 1. The zero-order valence-electron chi connectivity index (χ0n) is 8.56. The molecule has 0 aliphatic carbocycles. The number of phenolic OH excluding ortho intramolecular Hbond substituents is 1. The molecule has 0 aliphatic rings. The topological polar surface area (TPSA) is 35.8 Å². The maximum atomic E-state index is 9.09. The summed E-state index contributed by atoms with van der Waals surface area (Å²) >= 11 is 1.59. The van der Waals surface area contributed by atoms with Crippen LogP contribution in [0.5, 0.6) is 5.75 Å². The lowest BCUT2D eigenvalue weighted by molar-refractivity contribution is 0.475. The lowest BCUT2D eigenvalue weighted by atomic mass is 10.3. The third kappa shape index (κ3) is 2.96. The molecule has 0 aromatic heterocycles. The van der Waals surface area contributed by atoms with E-state index >= 15 is 0 Å². The van der Waals surface area contributed by atoms with Crippen LogP contribution in [0.25, 0.3) is 0 Å². The first-order valence-electron chi connectivity index (χ1n) is 4.22. The maximum Gasteiger partial charge on any atom is 0.163 e. The third-order valence-electron chi connectivity index (χ3n) is 1.64. The van der Waals surface area contributed by atoms with Crippen molar-refractivity contribution in [1.29, 1.82) is 0 Å². The summed E-state index contributed by atoms with van der Waals surface area (Å²) < 4.78 is 0. The van der Waals surface area contributed by atoms with Gasteiger partial charge in [-0.2, -0.15) is 0 Å². The van der Waals surface area contributed by atoms with Crippen molar-refractivity contribution in [2.45, 2.75) is 0 Å². The van der Waals surface area contributed by atoms with Crippen LogP contribution in [0.4, 0.5) is 5.69 Å². The average molecular weight is 210 g/mol. The molecule has 0 unspecified atom stereocenters. The number of benzene rings is 1. The number of amidine groups is 1. The van der Waals surface area contributed by atoms with E-state index in [4.69, 9.17) is 5.11 Å². The van der Waals surface area contributed by atoms with E-state index in [9.17, 15) is 0 Å². The molecule has 1 aromatic carbocycles. The van der Waals surface area contributed by atoms with Gasteiger partial charge < -0.3 is 10.0 Å². The number of nitrogens with zero attached hydrogens (tertiary/aromatic N) is 2. The molecule has 4 heteroatoms. The van der Waals surface area contributed by atoms with Crippen molar-refractivity contribution in [2.24, 2.45) is 4.99 Å². The van der Waals surface area contributed by atoms with Crippen molar-refractivity contribution < 1.29 is 5.11 Å². The van der Waals surface area contributed by atoms with Crippen LogP contribution >= 0.6 is 11.8 Å². The van der Waals surface area contributed by atoms with Crippen molar-refractivity contribution in [3.63, 3.8) is 0 Å². The van der Waals surface area contributed by atoms with Gasteiger partial charge in [0.15, 0.2) is 5.17 Å². The molecule has 0 saturated carbocycles.